The Balaban J connectivity index is 2.26. The molecule has 0 spiro atoms. The van der Waals surface area contributed by atoms with Gasteiger partial charge in [0.1, 0.15) is 0 Å². The lowest BCUT2D eigenvalue weighted by Crippen LogP contribution is -2.42. The van der Waals surface area contributed by atoms with Crippen molar-refractivity contribution in [1.82, 2.24) is 4.98 Å². The molecule has 1 fully saturated rings. The van der Waals surface area contributed by atoms with E-state index in [1.54, 1.807) is 6.20 Å². The van der Waals surface area contributed by atoms with Gasteiger partial charge in [0.25, 0.3) is 0 Å². The molecule has 1 aromatic heterocycles. The molecule has 12 N–H and O–H groups in total. The number of rotatable bonds is 5. The number of amidine groups is 1. The number of aromatic nitrogens is 1. The molecule has 4 atom stereocenters. The molecule has 10 heteroatoms. The maximum atomic E-state index is 10.4. The zero-order valence-electron chi connectivity index (χ0n) is 13.8. The molecule has 0 aliphatic heterocycles. The molecule has 0 saturated heterocycles. The second kappa shape index (κ2) is 7.79. The van der Waals surface area contributed by atoms with E-state index in [9.17, 15) is 5.11 Å². The summed E-state index contributed by atoms with van der Waals surface area (Å²) in [4.78, 5) is 12.8. The molecule has 2 rings (SSSR count). The first-order chi connectivity index (χ1) is 11.8. The van der Waals surface area contributed by atoms with Gasteiger partial charge in [-0.3, -0.25) is 10.4 Å². The van der Waals surface area contributed by atoms with E-state index in [2.05, 4.69) is 15.0 Å². The third-order valence-corrected chi connectivity index (χ3v) is 4.14. The number of aliphatic hydroxyl groups excluding tert-OH is 1. The molecule has 25 heavy (non-hydrogen) atoms. The summed E-state index contributed by atoms with van der Waals surface area (Å²) >= 11 is 0. The van der Waals surface area contributed by atoms with Crippen LogP contribution in [0.15, 0.2) is 28.3 Å². The average Bonchev–Trinajstić information content (AvgIpc) is 2.49. The molecule has 0 unspecified atom stereocenters. The van der Waals surface area contributed by atoms with Crippen LogP contribution in [0, 0.1) is 5.41 Å². The first-order valence-electron chi connectivity index (χ1n) is 7.89. The molecule has 0 aromatic carbocycles. The number of nitrogens with zero attached hydrogens (tertiary/aromatic N) is 3. The predicted octanol–water partition coefficient (Wildman–Crippen LogP) is -1.92. The van der Waals surface area contributed by atoms with E-state index in [0.717, 1.165) is 11.3 Å². The van der Waals surface area contributed by atoms with Gasteiger partial charge in [-0.2, -0.15) is 0 Å². The van der Waals surface area contributed by atoms with Gasteiger partial charge in [0.05, 0.1) is 24.0 Å². The third-order valence-electron chi connectivity index (χ3n) is 4.14. The highest BCUT2D eigenvalue weighted by molar-refractivity contribution is 5.79. The number of hydrogen-bond acceptors (Lipinski definition) is 5. The highest BCUT2D eigenvalue weighted by Crippen LogP contribution is 2.36. The van der Waals surface area contributed by atoms with Gasteiger partial charge in [-0.05, 0) is 24.5 Å². The Morgan fingerprint density at radius 2 is 1.72 bits per heavy atom. The van der Waals surface area contributed by atoms with Crippen molar-refractivity contribution in [3.63, 3.8) is 0 Å². The second-order valence-electron chi connectivity index (χ2n) is 6.18. The van der Waals surface area contributed by atoms with Crippen LogP contribution >= 0.6 is 0 Å². The van der Waals surface area contributed by atoms with Crippen molar-refractivity contribution in [2.45, 2.75) is 43.4 Å². The van der Waals surface area contributed by atoms with Crippen LogP contribution in [0.1, 0.15) is 30.0 Å². The summed E-state index contributed by atoms with van der Waals surface area (Å²) in [6.45, 7) is 0. The number of pyridine rings is 1. The van der Waals surface area contributed by atoms with E-state index < -0.39 is 12.1 Å². The van der Waals surface area contributed by atoms with E-state index in [0.29, 0.717) is 19.3 Å². The van der Waals surface area contributed by atoms with Crippen molar-refractivity contribution >= 4 is 17.8 Å². The Morgan fingerprint density at radius 3 is 2.24 bits per heavy atom. The summed E-state index contributed by atoms with van der Waals surface area (Å²) in [5.41, 5.74) is 28.9. The summed E-state index contributed by atoms with van der Waals surface area (Å²) in [6, 6.07) is 2.93. The van der Waals surface area contributed by atoms with E-state index in [1.165, 1.54) is 0 Å². The van der Waals surface area contributed by atoms with Gasteiger partial charge >= 0.3 is 0 Å². The molecule has 136 valence electrons. The van der Waals surface area contributed by atoms with E-state index in [-0.39, 0.29) is 29.7 Å². The van der Waals surface area contributed by atoms with Gasteiger partial charge < -0.3 is 33.8 Å². The van der Waals surface area contributed by atoms with Gasteiger partial charge in [0, 0.05) is 24.2 Å². The lowest BCUT2D eigenvalue weighted by molar-refractivity contribution is 0.0902. The molecular formula is C15H25N9O. The summed E-state index contributed by atoms with van der Waals surface area (Å²) in [6.07, 6.45) is 2.05. The maximum absolute atomic E-state index is 10.4. The molecule has 1 aliphatic carbocycles. The van der Waals surface area contributed by atoms with Crippen LogP contribution in [-0.4, -0.2) is 46.0 Å². The number of aliphatic hydroxyl groups is 1. The minimum Gasteiger partial charge on any atom is -0.391 e. The third kappa shape index (κ3) is 5.05. The minimum absolute atomic E-state index is 0.0389. The molecule has 0 amide bonds. The van der Waals surface area contributed by atoms with Gasteiger partial charge in [0.15, 0.2) is 11.9 Å². The normalized spacial score (nSPS) is 25.8. The van der Waals surface area contributed by atoms with Gasteiger partial charge in [-0.15, -0.1) is 0 Å². The SMILES string of the molecule is N=C(N)Cc1ccc([C@H]2C[C@@H](O)[C@H](N=C(N)N)C[C@@H]2N=C(N)N)nc1. The topological polar surface area (TPSA) is 212 Å². The van der Waals surface area contributed by atoms with Crippen molar-refractivity contribution in [3.8, 4) is 0 Å². The average molecular weight is 347 g/mol. The zero-order valence-corrected chi connectivity index (χ0v) is 13.8. The minimum atomic E-state index is -0.726. The Hall–Kier alpha value is -2.88. The van der Waals surface area contributed by atoms with Crippen LogP contribution in [0.5, 0.6) is 0 Å². The smallest absolute Gasteiger partial charge is 0.186 e. The Labute approximate surface area is 145 Å². The fraction of sp³-hybridized carbons (Fsp3) is 0.467. The summed E-state index contributed by atoms with van der Waals surface area (Å²) in [5, 5.41) is 17.7. The van der Waals surface area contributed by atoms with E-state index in [1.807, 2.05) is 12.1 Å². The Kier molecular flexibility index (Phi) is 5.75. The van der Waals surface area contributed by atoms with Crippen molar-refractivity contribution in [3.05, 3.63) is 29.6 Å². The fourth-order valence-electron chi connectivity index (χ4n) is 3.11. The predicted molar refractivity (Wildman–Crippen MR) is 97.0 cm³/mol. The van der Waals surface area contributed by atoms with Crippen LogP contribution in [0.4, 0.5) is 0 Å². The van der Waals surface area contributed by atoms with E-state index in [4.69, 9.17) is 34.1 Å². The van der Waals surface area contributed by atoms with Gasteiger partial charge in [-0.1, -0.05) is 6.07 Å². The van der Waals surface area contributed by atoms with Gasteiger partial charge in [-0.25, -0.2) is 9.98 Å². The number of guanidine groups is 2. The molecule has 10 nitrogen and oxygen atoms in total. The maximum Gasteiger partial charge on any atom is 0.186 e. The van der Waals surface area contributed by atoms with Crippen LogP contribution in [-0.2, 0) is 6.42 Å². The summed E-state index contributed by atoms with van der Waals surface area (Å²) in [7, 11) is 0. The van der Waals surface area contributed by atoms with Crippen molar-refractivity contribution in [2.24, 2.45) is 38.7 Å². The van der Waals surface area contributed by atoms with Crippen molar-refractivity contribution in [1.29, 1.82) is 5.41 Å². The van der Waals surface area contributed by atoms with Crippen LogP contribution in [0.2, 0.25) is 0 Å². The number of nitrogens with one attached hydrogen (secondary N) is 1. The highest BCUT2D eigenvalue weighted by Gasteiger charge is 2.38. The van der Waals surface area contributed by atoms with Crippen molar-refractivity contribution < 1.29 is 5.11 Å². The second-order valence-corrected chi connectivity index (χ2v) is 6.18. The monoisotopic (exact) mass is 347 g/mol. The number of hydrogen-bond donors (Lipinski definition) is 7. The molecule has 0 bridgehead atoms. The lowest BCUT2D eigenvalue weighted by Gasteiger charge is -2.35. The molecule has 1 heterocycles. The number of aliphatic imine (C=N–C) groups is 2. The standard InChI is InChI=1S/C15H25N9O/c16-13(17)3-7-1-2-9(22-6-7)8-4-12(25)11(24-15(20)21)5-10(8)23-14(18)19/h1-2,6,8,10-12,25H,3-5H2,(H3,16,17)(H4,18,19,23)(H4,20,21,24)/t8-,10+,11-,12-/m1/s1. The van der Waals surface area contributed by atoms with E-state index >= 15 is 0 Å². The molecule has 0 radical (unpaired) electrons. The molecular weight excluding hydrogens is 322 g/mol. The first-order valence-corrected chi connectivity index (χ1v) is 7.89. The van der Waals surface area contributed by atoms with Crippen LogP contribution in [0.3, 0.4) is 0 Å². The molecule has 1 aromatic rings. The first kappa shape index (κ1) is 18.5. The van der Waals surface area contributed by atoms with Crippen LogP contribution in [0.25, 0.3) is 0 Å². The van der Waals surface area contributed by atoms with Gasteiger partial charge in [0.2, 0.25) is 0 Å². The molecule has 1 saturated carbocycles. The Morgan fingerprint density at radius 1 is 1.08 bits per heavy atom. The Bertz CT molecular complexity index is 662. The molecule has 1 aliphatic rings. The lowest BCUT2D eigenvalue weighted by atomic mass is 9.78. The quantitative estimate of drug-likeness (QED) is 0.237. The number of nitrogens with two attached hydrogens (primary N) is 5. The van der Waals surface area contributed by atoms with Crippen LogP contribution < -0.4 is 28.7 Å². The fourth-order valence-corrected chi connectivity index (χ4v) is 3.11. The summed E-state index contributed by atoms with van der Waals surface area (Å²) in [5.74, 6) is -0.226. The zero-order chi connectivity index (χ0) is 18.6. The highest BCUT2D eigenvalue weighted by atomic mass is 16.3. The largest absolute Gasteiger partial charge is 0.391 e. The summed E-state index contributed by atoms with van der Waals surface area (Å²) < 4.78 is 0. The van der Waals surface area contributed by atoms with Crippen molar-refractivity contribution in [2.75, 3.05) is 0 Å².